The summed E-state index contributed by atoms with van der Waals surface area (Å²) in [6.07, 6.45) is 0. The fraction of sp³-hybridized carbons (Fsp3) is 0.381. The Hall–Kier alpha value is -2.94. The molecule has 1 N–H and O–H groups in total. The number of benzene rings is 1. The number of thioether (sulfide) groups is 1. The molecule has 3 rings (SSSR count). The maximum absolute atomic E-state index is 12.5. The summed E-state index contributed by atoms with van der Waals surface area (Å²) in [7, 11) is 0. The van der Waals surface area contributed by atoms with E-state index in [0.717, 1.165) is 17.0 Å². The topological polar surface area (TPSA) is 92.5 Å². The first-order chi connectivity index (χ1) is 14.3. The van der Waals surface area contributed by atoms with Gasteiger partial charge in [0.2, 0.25) is 11.1 Å². The maximum Gasteiger partial charge on any atom is 0.253 e. The van der Waals surface area contributed by atoms with Crippen molar-refractivity contribution >= 4 is 35.0 Å². The van der Waals surface area contributed by atoms with E-state index in [4.69, 9.17) is 0 Å². The fourth-order valence-corrected chi connectivity index (χ4v) is 3.67. The number of hydrogen-bond donors (Lipinski definition) is 1. The van der Waals surface area contributed by atoms with Crippen molar-refractivity contribution in [2.75, 3.05) is 24.2 Å². The summed E-state index contributed by atoms with van der Waals surface area (Å²) in [6, 6.07) is 6.99. The van der Waals surface area contributed by atoms with Crippen LogP contribution in [0.3, 0.4) is 0 Å². The van der Waals surface area contributed by atoms with Crippen molar-refractivity contribution in [1.29, 1.82) is 0 Å². The van der Waals surface area contributed by atoms with Crippen LogP contribution >= 0.6 is 11.8 Å². The minimum atomic E-state index is -0.191. The van der Waals surface area contributed by atoms with Crippen LogP contribution in [-0.2, 0) is 4.79 Å². The number of aryl methyl sites for hydroxylation is 2. The van der Waals surface area contributed by atoms with Gasteiger partial charge in [0.15, 0.2) is 0 Å². The molecule has 0 spiro atoms. The van der Waals surface area contributed by atoms with Crippen LogP contribution in [0.1, 0.15) is 41.2 Å². The molecule has 0 aliphatic carbocycles. The minimum Gasteiger partial charge on any atom is -0.339 e. The molecule has 8 nitrogen and oxygen atoms in total. The Morgan fingerprint density at radius 2 is 1.87 bits per heavy atom. The van der Waals surface area contributed by atoms with Crippen LogP contribution in [0, 0.1) is 20.8 Å². The van der Waals surface area contributed by atoms with E-state index in [1.807, 2.05) is 34.6 Å². The molecule has 2 heterocycles. The van der Waals surface area contributed by atoms with Crippen LogP contribution in [0.4, 0.5) is 5.69 Å². The van der Waals surface area contributed by atoms with Crippen molar-refractivity contribution in [3.8, 4) is 0 Å². The summed E-state index contributed by atoms with van der Waals surface area (Å²) in [6.45, 7) is 11.1. The van der Waals surface area contributed by atoms with Crippen LogP contribution in [0.15, 0.2) is 29.4 Å². The number of carbonyl (C=O) groups is 2. The van der Waals surface area contributed by atoms with Crippen LogP contribution in [0.25, 0.3) is 5.78 Å². The van der Waals surface area contributed by atoms with E-state index in [1.165, 1.54) is 11.8 Å². The van der Waals surface area contributed by atoms with Gasteiger partial charge in [-0.3, -0.25) is 9.59 Å². The molecule has 3 aromatic rings. The summed E-state index contributed by atoms with van der Waals surface area (Å²) >= 11 is 1.25. The van der Waals surface area contributed by atoms with Gasteiger partial charge in [-0.25, -0.2) is 9.50 Å². The van der Waals surface area contributed by atoms with Crippen molar-refractivity contribution in [1.82, 2.24) is 24.5 Å². The first kappa shape index (κ1) is 21.8. The summed E-state index contributed by atoms with van der Waals surface area (Å²) in [4.78, 5) is 35.5. The summed E-state index contributed by atoms with van der Waals surface area (Å²) in [5, 5.41) is 7.78. The lowest BCUT2D eigenvalue weighted by atomic mass is 10.1. The van der Waals surface area contributed by atoms with Gasteiger partial charge in [-0.05, 0) is 58.4 Å². The molecule has 0 aliphatic rings. The van der Waals surface area contributed by atoms with Gasteiger partial charge in [0.1, 0.15) is 0 Å². The van der Waals surface area contributed by atoms with E-state index in [-0.39, 0.29) is 17.6 Å². The van der Waals surface area contributed by atoms with E-state index >= 15 is 0 Å². The molecule has 2 amide bonds. The third-order valence-electron chi connectivity index (χ3n) is 5.02. The average Bonchev–Trinajstić information content (AvgIpc) is 3.14. The molecule has 0 bridgehead atoms. The molecule has 0 saturated heterocycles. The average molecular weight is 427 g/mol. The highest BCUT2D eigenvalue weighted by Gasteiger charge is 2.15. The molecule has 30 heavy (non-hydrogen) atoms. The number of anilines is 1. The number of amides is 2. The Labute approximate surface area is 180 Å². The summed E-state index contributed by atoms with van der Waals surface area (Å²) in [5.74, 6) is 0.444. The van der Waals surface area contributed by atoms with Crippen molar-refractivity contribution in [3.05, 3.63) is 46.8 Å². The van der Waals surface area contributed by atoms with E-state index in [2.05, 4.69) is 20.4 Å². The largest absolute Gasteiger partial charge is 0.339 e. The van der Waals surface area contributed by atoms with Gasteiger partial charge in [-0.2, -0.15) is 4.98 Å². The van der Waals surface area contributed by atoms with E-state index < -0.39 is 0 Å². The smallest absolute Gasteiger partial charge is 0.253 e. The quantitative estimate of drug-likeness (QED) is 0.583. The highest BCUT2D eigenvalue weighted by atomic mass is 32.2. The highest BCUT2D eigenvalue weighted by molar-refractivity contribution is 7.99. The summed E-state index contributed by atoms with van der Waals surface area (Å²) < 4.78 is 1.70. The van der Waals surface area contributed by atoms with Crippen molar-refractivity contribution in [3.63, 3.8) is 0 Å². The number of aromatic nitrogens is 4. The number of fused-ring (bicyclic) bond motifs is 1. The number of nitrogens with zero attached hydrogens (tertiary/aromatic N) is 5. The van der Waals surface area contributed by atoms with Crippen molar-refractivity contribution < 1.29 is 9.59 Å². The van der Waals surface area contributed by atoms with E-state index in [9.17, 15) is 9.59 Å². The Morgan fingerprint density at radius 1 is 1.13 bits per heavy atom. The summed E-state index contributed by atoms with van der Waals surface area (Å²) in [5.41, 5.74) is 4.11. The predicted octanol–water partition coefficient (Wildman–Crippen LogP) is 3.26. The Balaban J connectivity index is 1.65. The SMILES string of the molecule is CCN(CC)C(=O)c1cccc(NC(=O)CSc2nc3nc(C)c(C)c(C)n3n2)c1. The molecule has 0 unspecified atom stereocenters. The van der Waals surface area contributed by atoms with Gasteiger partial charge in [-0.1, -0.05) is 17.8 Å². The first-order valence-corrected chi connectivity index (χ1v) is 10.8. The number of nitrogens with one attached hydrogen (secondary N) is 1. The molecule has 0 atom stereocenters. The van der Waals surface area contributed by atoms with Gasteiger partial charge in [0.25, 0.3) is 11.7 Å². The fourth-order valence-electron chi connectivity index (χ4n) is 3.05. The van der Waals surface area contributed by atoms with E-state index in [0.29, 0.717) is 35.3 Å². The number of hydrogen-bond acceptors (Lipinski definition) is 6. The zero-order valence-electron chi connectivity index (χ0n) is 17.9. The normalized spacial score (nSPS) is 11.0. The molecule has 0 radical (unpaired) electrons. The molecule has 0 fully saturated rings. The second-order valence-corrected chi connectivity index (χ2v) is 7.85. The van der Waals surface area contributed by atoms with Gasteiger partial charge in [0.05, 0.1) is 5.75 Å². The molecule has 0 aliphatic heterocycles. The second kappa shape index (κ2) is 9.25. The van der Waals surface area contributed by atoms with Gasteiger partial charge < -0.3 is 10.2 Å². The number of carbonyl (C=O) groups excluding carboxylic acids is 2. The lowest BCUT2D eigenvalue weighted by molar-refractivity contribution is -0.113. The second-order valence-electron chi connectivity index (χ2n) is 6.91. The van der Waals surface area contributed by atoms with Crippen LogP contribution in [0.2, 0.25) is 0 Å². The monoisotopic (exact) mass is 426 g/mol. The third-order valence-corrected chi connectivity index (χ3v) is 5.86. The van der Waals surface area contributed by atoms with Gasteiger partial charge >= 0.3 is 0 Å². The maximum atomic E-state index is 12.5. The van der Waals surface area contributed by atoms with Crippen LogP contribution in [-0.4, -0.2) is 55.1 Å². The van der Waals surface area contributed by atoms with E-state index in [1.54, 1.807) is 33.7 Å². The number of rotatable bonds is 7. The van der Waals surface area contributed by atoms with Crippen molar-refractivity contribution in [2.24, 2.45) is 0 Å². The lowest BCUT2D eigenvalue weighted by Gasteiger charge is -2.19. The molecular weight excluding hydrogens is 400 g/mol. The minimum absolute atomic E-state index is 0.0483. The molecule has 0 saturated carbocycles. The van der Waals surface area contributed by atoms with Gasteiger partial charge in [0, 0.05) is 35.7 Å². The Kier molecular flexibility index (Phi) is 6.71. The first-order valence-electron chi connectivity index (χ1n) is 9.86. The highest BCUT2D eigenvalue weighted by Crippen LogP contribution is 2.19. The predicted molar refractivity (Wildman–Crippen MR) is 118 cm³/mol. The standard InChI is InChI=1S/C21H26N6O2S/c1-6-26(7-2)19(29)16-9-8-10-17(11-16)23-18(28)12-30-21-24-20-22-14(4)13(3)15(5)27(20)25-21/h8-11H,6-7,12H2,1-5H3,(H,23,28). The molecule has 2 aromatic heterocycles. The van der Waals surface area contributed by atoms with Gasteiger partial charge in [-0.15, -0.1) is 5.10 Å². The molecule has 158 valence electrons. The zero-order valence-corrected chi connectivity index (χ0v) is 18.7. The zero-order chi connectivity index (χ0) is 21.8. The van der Waals surface area contributed by atoms with Crippen LogP contribution < -0.4 is 5.32 Å². The Bertz CT molecular complexity index is 1090. The molecule has 9 heteroatoms. The Morgan fingerprint density at radius 3 is 2.57 bits per heavy atom. The van der Waals surface area contributed by atoms with Crippen LogP contribution in [0.5, 0.6) is 0 Å². The lowest BCUT2D eigenvalue weighted by Crippen LogP contribution is -2.30. The van der Waals surface area contributed by atoms with Crippen molar-refractivity contribution in [2.45, 2.75) is 39.8 Å². The third kappa shape index (κ3) is 4.62. The molecular formula is C21H26N6O2S. The molecule has 1 aromatic carbocycles.